The first-order valence-electron chi connectivity index (χ1n) is 9.00. The van der Waals surface area contributed by atoms with Crippen LogP contribution in [0.2, 0.25) is 0 Å². The van der Waals surface area contributed by atoms with Gasteiger partial charge in [0.15, 0.2) is 0 Å². The molecule has 0 radical (unpaired) electrons. The monoisotopic (exact) mass is 302 g/mol. The van der Waals surface area contributed by atoms with E-state index >= 15 is 0 Å². The maximum Gasteiger partial charge on any atom is 0.0716 e. The second-order valence-electron chi connectivity index (χ2n) is 6.71. The van der Waals surface area contributed by atoms with Gasteiger partial charge >= 0.3 is 0 Å². The van der Waals surface area contributed by atoms with Crippen molar-refractivity contribution in [2.75, 3.05) is 26.2 Å². The molecule has 1 aromatic carbocycles. The topological polar surface area (TPSA) is 15.7 Å². The van der Waals surface area contributed by atoms with E-state index in [9.17, 15) is 0 Å². The SMILES string of the molecule is CCCCOCc1ccc(CN2CCCN3CCCC32)cc1. The number of ether oxygens (including phenoxy) is 1. The Morgan fingerprint density at radius 3 is 2.64 bits per heavy atom. The molecule has 122 valence electrons. The fourth-order valence-corrected chi connectivity index (χ4v) is 3.71. The molecule has 2 heterocycles. The molecule has 1 aromatic rings. The number of benzene rings is 1. The molecule has 22 heavy (non-hydrogen) atoms. The van der Waals surface area contributed by atoms with Crippen LogP contribution in [0.4, 0.5) is 0 Å². The normalized spacial score (nSPS) is 22.9. The average molecular weight is 302 g/mol. The third kappa shape index (κ3) is 4.09. The number of rotatable bonds is 7. The van der Waals surface area contributed by atoms with Crippen LogP contribution in [0, 0.1) is 0 Å². The summed E-state index contributed by atoms with van der Waals surface area (Å²) < 4.78 is 5.69. The number of unbranched alkanes of at least 4 members (excludes halogenated alkanes) is 1. The lowest BCUT2D eigenvalue weighted by Gasteiger charge is -2.40. The summed E-state index contributed by atoms with van der Waals surface area (Å²) in [5, 5.41) is 0. The number of fused-ring (bicyclic) bond motifs is 1. The van der Waals surface area contributed by atoms with Crippen molar-refractivity contribution in [1.82, 2.24) is 9.80 Å². The molecule has 3 nitrogen and oxygen atoms in total. The second kappa shape index (κ2) is 8.09. The van der Waals surface area contributed by atoms with Gasteiger partial charge in [-0.25, -0.2) is 0 Å². The zero-order valence-corrected chi connectivity index (χ0v) is 14.0. The first-order chi connectivity index (χ1) is 10.9. The molecule has 2 saturated heterocycles. The summed E-state index contributed by atoms with van der Waals surface area (Å²) in [6, 6.07) is 9.04. The van der Waals surface area contributed by atoms with Crippen molar-refractivity contribution in [3.8, 4) is 0 Å². The van der Waals surface area contributed by atoms with E-state index < -0.39 is 0 Å². The van der Waals surface area contributed by atoms with Crippen molar-refractivity contribution >= 4 is 0 Å². The second-order valence-corrected chi connectivity index (χ2v) is 6.71. The van der Waals surface area contributed by atoms with Crippen molar-refractivity contribution < 1.29 is 4.74 Å². The van der Waals surface area contributed by atoms with Gasteiger partial charge in [-0.1, -0.05) is 37.6 Å². The van der Waals surface area contributed by atoms with Crippen LogP contribution in [0.3, 0.4) is 0 Å². The molecule has 1 atom stereocenters. The summed E-state index contributed by atoms with van der Waals surface area (Å²) >= 11 is 0. The van der Waals surface area contributed by atoms with E-state index in [1.807, 2.05) is 0 Å². The van der Waals surface area contributed by atoms with Crippen molar-refractivity contribution in [3.63, 3.8) is 0 Å². The quantitative estimate of drug-likeness (QED) is 0.715. The molecule has 3 heteroatoms. The molecule has 2 fully saturated rings. The number of nitrogens with zero attached hydrogens (tertiary/aromatic N) is 2. The zero-order chi connectivity index (χ0) is 15.2. The van der Waals surface area contributed by atoms with Gasteiger partial charge in [0.25, 0.3) is 0 Å². The van der Waals surface area contributed by atoms with Crippen molar-refractivity contribution in [2.24, 2.45) is 0 Å². The van der Waals surface area contributed by atoms with Gasteiger partial charge in [0.1, 0.15) is 0 Å². The smallest absolute Gasteiger partial charge is 0.0716 e. The summed E-state index contributed by atoms with van der Waals surface area (Å²) in [4.78, 5) is 5.34. The summed E-state index contributed by atoms with van der Waals surface area (Å²) in [6.45, 7) is 8.78. The van der Waals surface area contributed by atoms with E-state index in [4.69, 9.17) is 4.74 Å². The Balaban J connectivity index is 1.50. The van der Waals surface area contributed by atoms with Gasteiger partial charge in [0.05, 0.1) is 12.8 Å². The molecule has 0 aliphatic carbocycles. The molecule has 2 aliphatic heterocycles. The molecule has 0 aromatic heterocycles. The Morgan fingerprint density at radius 1 is 1.05 bits per heavy atom. The van der Waals surface area contributed by atoms with Gasteiger partial charge in [-0.2, -0.15) is 0 Å². The minimum atomic E-state index is 0.700. The first-order valence-corrected chi connectivity index (χ1v) is 9.00. The van der Waals surface area contributed by atoms with Crippen LogP contribution < -0.4 is 0 Å². The predicted molar refractivity (Wildman–Crippen MR) is 90.6 cm³/mol. The Labute approximate surface area is 135 Å². The zero-order valence-electron chi connectivity index (χ0n) is 14.0. The van der Waals surface area contributed by atoms with Crippen LogP contribution in [-0.4, -0.2) is 42.2 Å². The molecular formula is C19H30N2O. The Kier molecular flexibility index (Phi) is 5.88. The standard InChI is InChI=1S/C19H30N2O/c1-2-3-14-22-16-18-9-7-17(8-10-18)15-21-13-5-12-20-11-4-6-19(20)21/h7-10,19H,2-6,11-16H2,1H3. The van der Waals surface area contributed by atoms with Gasteiger partial charge in [-0.15, -0.1) is 0 Å². The molecule has 0 amide bonds. The van der Waals surface area contributed by atoms with Crippen LogP contribution in [-0.2, 0) is 17.9 Å². The van der Waals surface area contributed by atoms with Crippen molar-refractivity contribution in [2.45, 2.75) is 58.3 Å². The summed E-state index contributed by atoms with van der Waals surface area (Å²) in [5.74, 6) is 0. The maximum absolute atomic E-state index is 5.69. The Hall–Kier alpha value is -0.900. The van der Waals surface area contributed by atoms with E-state index in [-0.39, 0.29) is 0 Å². The predicted octanol–water partition coefficient (Wildman–Crippen LogP) is 3.63. The third-order valence-corrected chi connectivity index (χ3v) is 4.96. The van der Waals surface area contributed by atoms with Gasteiger partial charge in [0.2, 0.25) is 0 Å². The molecular weight excluding hydrogens is 272 g/mol. The number of hydrogen-bond acceptors (Lipinski definition) is 3. The number of hydrogen-bond donors (Lipinski definition) is 0. The highest BCUT2D eigenvalue weighted by atomic mass is 16.5. The maximum atomic E-state index is 5.69. The van der Waals surface area contributed by atoms with Gasteiger partial charge in [-0.05, 0) is 43.4 Å². The lowest BCUT2D eigenvalue weighted by atomic mass is 10.1. The summed E-state index contributed by atoms with van der Waals surface area (Å²) in [7, 11) is 0. The largest absolute Gasteiger partial charge is 0.377 e. The van der Waals surface area contributed by atoms with Crippen LogP contribution >= 0.6 is 0 Å². The van der Waals surface area contributed by atoms with E-state index in [1.54, 1.807) is 0 Å². The highest BCUT2D eigenvalue weighted by molar-refractivity contribution is 5.22. The molecule has 0 spiro atoms. The Bertz CT molecular complexity index is 445. The fourth-order valence-electron chi connectivity index (χ4n) is 3.71. The van der Waals surface area contributed by atoms with E-state index in [0.29, 0.717) is 6.17 Å². The lowest BCUT2D eigenvalue weighted by molar-refractivity contribution is 0.0286. The third-order valence-electron chi connectivity index (χ3n) is 4.96. The van der Waals surface area contributed by atoms with Crippen LogP contribution in [0.15, 0.2) is 24.3 Å². The molecule has 3 rings (SSSR count). The molecule has 0 bridgehead atoms. The van der Waals surface area contributed by atoms with Crippen LogP contribution in [0.25, 0.3) is 0 Å². The Morgan fingerprint density at radius 2 is 1.82 bits per heavy atom. The van der Waals surface area contributed by atoms with E-state index in [2.05, 4.69) is 41.0 Å². The fraction of sp³-hybridized carbons (Fsp3) is 0.684. The minimum Gasteiger partial charge on any atom is -0.377 e. The van der Waals surface area contributed by atoms with Crippen molar-refractivity contribution in [3.05, 3.63) is 35.4 Å². The van der Waals surface area contributed by atoms with E-state index in [0.717, 1.165) is 26.2 Å². The highest BCUT2D eigenvalue weighted by Crippen LogP contribution is 2.26. The summed E-state index contributed by atoms with van der Waals surface area (Å²) in [5.41, 5.74) is 2.73. The van der Waals surface area contributed by atoms with Crippen LogP contribution in [0.5, 0.6) is 0 Å². The minimum absolute atomic E-state index is 0.700. The van der Waals surface area contributed by atoms with Crippen LogP contribution in [0.1, 0.15) is 50.2 Å². The van der Waals surface area contributed by atoms with E-state index in [1.165, 1.54) is 56.4 Å². The summed E-state index contributed by atoms with van der Waals surface area (Å²) in [6.07, 6.45) is 7.10. The first kappa shape index (κ1) is 16.0. The molecule has 0 N–H and O–H groups in total. The molecule has 1 unspecified atom stereocenters. The molecule has 2 aliphatic rings. The van der Waals surface area contributed by atoms with Gasteiger partial charge < -0.3 is 4.74 Å². The van der Waals surface area contributed by atoms with Gasteiger partial charge in [-0.3, -0.25) is 9.80 Å². The molecule has 0 saturated carbocycles. The average Bonchev–Trinajstić information content (AvgIpc) is 3.03. The lowest BCUT2D eigenvalue weighted by Crippen LogP contribution is -2.49. The van der Waals surface area contributed by atoms with Crippen molar-refractivity contribution in [1.29, 1.82) is 0 Å². The highest BCUT2D eigenvalue weighted by Gasteiger charge is 2.32. The van der Waals surface area contributed by atoms with Gasteiger partial charge in [0, 0.05) is 26.2 Å².